The summed E-state index contributed by atoms with van der Waals surface area (Å²) in [7, 11) is 2.99. The lowest BCUT2D eigenvalue weighted by molar-refractivity contribution is -0.133. The van der Waals surface area contributed by atoms with E-state index in [9.17, 15) is 14.4 Å². The minimum atomic E-state index is -0.430. The molecular formula is C15H21N5O3. The molecule has 0 aromatic carbocycles. The number of amides is 1. The Morgan fingerprint density at radius 3 is 2.74 bits per heavy atom. The van der Waals surface area contributed by atoms with E-state index in [4.69, 9.17) is 0 Å². The van der Waals surface area contributed by atoms with Crippen LogP contribution in [0.15, 0.2) is 15.9 Å². The Bertz CT molecular complexity index is 876. The minimum Gasteiger partial charge on any atom is -0.341 e. The third-order valence-electron chi connectivity index (χ3n) is 4.53. The van der Waals surface area contributed by atoms with E-state index >= 15 is 0 Å². The third-order valence-corrected chi connectivity index (χ3v) is 4.53. The molecule has 0 radical (unpaired) electrons. The molecule has 2 aromatic heterocycles. The van der Waals surface area contributed by atoms with Crippen LogP contribution >= 0.6 is 0 Å². The number of aromatic nitrogens is 4. The molecule has 124 valence electrons. The summed E-state index contributed by atoms with van der Waals surface area (Å²) in [6.07, 6.45) is 3.60. The van der Waals surface area contributed by atoms with Gasteiger partial charge in [0.15, 0.2) is 11.2 Å². The number of likely N-dealkylation sites (tertiary alicyclic amines) is 1. The van der Waals surface area contributed by atoms with E-state index < -0.39 is 11.2 Å². The Labute approximate surface area is 132 Å². The zero-order valence-corrected chi connectivity index (χ0v) is 13.7. The third kappa shape index (κ3) is 2.58. The molecule has 1 aliphatic heterocycles. The minimum absolute atomic E-state index is 0.0215. The Hall–Kier alpha value is -2.38. The van der Waals surface area contributed by atoms with Gasteiger partial charge >= 0.3 is 5.69 Å². The molecule has 1 fully saturated rings. The molecule has 0 aliphatic carbocycles. The second-order valence-electron chi connectivity index (χ2n) is 6.34. The fraction of sp³-hybridized carbons (Fsp3) is 0.600. The van der Waals surface area contributed by atoms with E-state index in [1.165, 1.54) is 17.9 Å². The van der Waals surface area contributed by atoms with Crippen molar-refractivity contribution in [1.82, 2.24) is 23.6 Å². The van der Waals surface area contributed by atoms with Gasteiger partial charge in [0.2, 0.25) is 5.91 Å². The number of carbonyl (C=O) groups is 1. The number of fused-ring (bicyclic) bond motifs is 1. The van der Waals surface area contributed by atoms with Crippen molar-refractivity contribution in [1.29, 1.82) is 0 Å². The van der Waals surface area contributed by atoms with Crippen molar-refractivity contribution in [2.24, 2.45) is 20.0 Å². The van der Waals surface area contributed by atoms with Gasteiger partial charge in [-0.3, -0.25) is 18.7 Å². The van der Waals surface area contributed by atoms with Crippen LogP contribution in [0.3, 0.4) is 0 Å². The van der Waals surface area contributed by atoms with Gasteiger partial charge in [0.05, 0.1) is 6.33 Å². The number of rotatable bonds is 2. The van der Waals surface area contributed by atoms with Gasteiger partial charge in [-0.15, -0.1) is 0 Å². The Morgan fingerprint density at radius 1 is 1.30 bits per heavy atom. The largest absolute Gasteiger partial charge is 0.341 e. The van der Waals surface area contributed by atoms with Gasteiger partial charge in [0, 0.05) is 27.2 Å². The summed E-state index contributed by atoms with van der Waals surface area (Å²) in [4.78, 5) is 42.8. The highest BCUT2D eigenvalue weighted by atomic mass is 16.2. The normalized spacial score (nSPS) is 18.6. The molecule has 0 unspecified atom stereocenters. The second-order valence-corrected chi connectivity index (χ2v) is 6.34. The number of nitrogens with zero attached hydrogens (tertiary/aromatic N) is 5. The van der Waals surface area contributed by atoms with Crippen molar-refractivity contribution >= 4 is 17.1 Å². The summed E-state index contributed by atoms with van der Waals surface area (Å²) in [5.41, 5.74) is -0.268. The summed E-state index contributed by atoms with van der Waals surface area (Å²) < 4.78 is 3.90. The summed E-state index contributed by atoms with van der Waals surface area (Å²) >= 11 is 0. The number of hydrogen-bond acceptors (Lipinski definition) is 4. The smallest absolute Gasteiger partial charge is 0.332 e. The molecule has 3 rings (SSSR count). The Balaban J connectivity index is 1.97. The molecule has 3 heterocycles. The maximum absolute atomic E-state index is 12.5. The van der Waals surface area contributed by atoms with Crippen molar-refractivity contribution < 1.29 is 4.79 Å². The number of carbonyl (C=O) groups excluding carboxylic acids is 1. The van der Waals surface area contributed by atoms with E-state index in [1.54, 1.807) is 11.6 Å². The van der Waals surface area contributed by atoms with Crippen LogP contribution in [0, 0.1) is 5.92 Å². The van der Waals surface area contributed by atoms with Gasteiger partial charge in [-0.2, -0.15) is 0 Å². The summed E-state index contributed by atoms with van der Waals surface area (Å²) in [5.74, 6) is 0.479. The molecule has 0 N–H and O–H groups in total. The first-order valence-corrected chi connectivity index (χ1v) is 7.78. The topological polar surface area (TPSA) is 82.1 Å². The highest BCUT2D eigenvalue weighted by Gasteiger charge is 2.22. The van der Waals surface area contributed by atoms with Crippen LogP contribution in [0.2, 0.25) is 0 Å². The lowest BCUT2D eigenvalue weighted by Crippen LogP contribution is -2.41. The predicted octanol–water partition coefficient (Wildman–Crippen LogP) is -0.308. The van der Waals surface area contributed by atoms with E-state index in [1.807, 2.05) is 4.90 Å². The molecular weight excluding hydrogens is 298 g/mol. The molecule has 0 bridgehead atoms. The molecule has 8 heteroatoms. The first kappa shape index (κ1) is 15.5. The maximum atomic E-state index is 12.5. The summed E-state index contributed by atoms with van der Waals surface area (Å²) in [6, 6.07) is 0. The SMILES string of the molecule is C[C@H]1CCCN(C(=O)Cn2cnc3c2c(=O)n(C)c(=O)n3C)C1. The molecule has 2 aromatic rings. The monoisotopic (exact) mass is 319 g/mol. The molecule has 1 amide bonds. The molecule has 1 aliphatic rings. The Morgan fingerprint density at radius 2 is 2.04 bits per heavy atom. The molecule has 1 saturated heterocycles. The van der Waals surface area contributed by atoms with Gasteiger partial charge in [-0.05, 0) is 18.8 Å². The standard InChI is InChI=1S/C15H21N5O3/c1-10-5-4-6-19(7-10)11(21)8-20-9-16-13-12(20)14(22)18(3)15(23)17(13)2/h9-10H,4-8H2,1-3H3/t10-/m0/s1. The fourth-order valence-corrected chi connectivity index (χ4v) is 3.18. The molecule has 0 saturated carbocycles. The van der Waals surface area contributed by atoms with Gasteiger partial charge in [0.1, 0.15) is 6.54 Å². The van der Waals surface area contributed by atoms with Crippen molar-refractivity contribution in [3.05, 3.63) is 27.2 Å². The van der Waals surface area contributed by atoms with Gasteiger partial charge in [-0.25, -0.2) is 9.78 Å². The number of hydrogen-bond donors (Lipinski definition) is 0. The van der Waals surface area contributed by atoms with Crippen LogP contribution in [-0.4, -0.2) is 42.6 Å². The first-order valence-electron chi connectivity index (χ1n) is 7.78. The average molecular weight is 319 g/mol. The second kappa shape index (κ2) is 5.68. The van der Waals surface area contributed by atoms with E-state index in [-0.39, 0.29) is 18.0 Å². The summed E-state index contributed by atoms with van der Waals surface area (Å²) in [6.45, 7) is 3.71. The van der Waals surface area contributed by atoms with Gasteiger partial charge in [-0.1, -0.05) is 6.92 Å². The zero-order chi connectivity index (χ0) is 16.7. The molecule has 23 heavy (non-hydrogen) atoms. The highest BCUT2D eigenvalue weighted by molar-refractivity contribution is 5.79. The van der Waals surface area contributed by atoms with E-state index in [0.29, 0.717) is 11.6 Å². The van der Waals surface area contributed by atoms with Crippen LogP contribution in [-0.2, 0) is 25.4 Å². The zero-order valence-electron chi connectivity index (χ0n) is 13.7. The van der Waals surface area contributed by atoms with Crippen LogP contribution in [0.5, 0.6) is 0 Å². The van der Waals surface area contributed by atoms with Crippen LogP contribution in [0.1, 0.15) is 19.8 Å². The molecule has 0 spiro atoms. The van der Waals surface area contributed by atoms with Crippen molar-refractivity contribution in [3.8, 4) is 0 Å². The molecule has 1 atom stereocenters. The van der Waals surface area contributed by atoms with Crippen molar-refractivity contribution in [2.45, 2.75) is 26.3 Å². The highest BCUT2D eigenvalue weighted by Crippen LogP contribution is 2.16. The average Bonchev–Trinajstić information content (AvgIpc) is 2.94. The summed E-state index contributed by atoms with van der Waals surface area (Å²) in [5, 5.41) is 0. The van der Waals surface area contributed by atoms with Crippen molar-refractivity contribution in [3.63, 3.8) is 0 Å². The molecule has 8 nitrogen and oxygen atoms in total. The van der Waals surface area contributed by atoms with Gasteiger partial charge in [0.25, 0.3) is 5.56 Å². The van der Waals surface area contributed by atoms with Crippen LogP contribution < -0.4 is 11.2 Å². The lowest BCUT2D eigenvalue weighted by Gasteiger charge is -2.31. The first-order chi connectivity index (χ1) is 10.9. The maximum Gasteiger partial charge on any atom is 0.332 e. The predicted molar refractivity (Wildman–Crippen MR) is 85.2 cm³/mol. The lowest BCUT2D eigenvalue weighted by atomic mass is 10.0. The van der Waals surface area contributed by atoms with Gasteiger partial charge < -0.3 is 9.47 Å². The van der Waals surface area contributed by atoms with Crippen LogP contribution in [0.4, 0.5) is 0 Å². The van der Waals surface area contributed by atoms with E-state index in [2.05, 4.69) is 11.9 Å². The van der Waals surface area contributed by atoms with E-state index in [0.717, 1.165) is 30.5 Å². The fourth-order valence-electron chi connectivity index (χ4n) is 3.18. The van der Waals surface area contributed by atoms with Crippen molar-refractivity contribution in [2.75, 3.05) is 13.1 Å². The Kier molecular flexibility index (Phi) is 3.83. The number of piperidine rings is 1. The van der Waals surface area contributed by atoms with Crippen LogP contribution in [0.25, 0.3) is 11.2 Å². The quantitative estimate of drug-likeness (QED) is 0.760. The number of aryl methyl sites for hydroxylation is 1. The number of imidazole rings is 1.